The van der Waals surface area contributed by atoms with Crippen molar-refractivity contribution in [3.63, 3.8) is 0 Å². The molecule has 4 nitrogen and oxygen atoms in total. The summed E-state index contributed by atoms with van der Waals surface area (Å²) in [4.78, 5) is 10.8. The number of benzene rings is 2. The normalized spacial score (nSPS) is 11.9. The molecule has 0 heterocycles. The lowest BCUT2D eigenvalue weighted by Crippen LogP contribution is -2.20. The first-order valence-electron chi connectivity index (χ1n) is 6.19. The average Bonchev–Trinajstić information content (AvgIpc) is 2.42. The van der Waals surface area contributed by atoms with Crippen LogP contribution in [0, 0.1) is 5.82 Å². The van der Waals surface area contributed by atoms with E-state index in [1.165, 1.54) is 24.3 Å². The highest BCUT2D eigenvalue weighted by molar-refractivity contribution is 7.84. The predicted molar refractivity (Wildman–Crippen MR) is 78.8 cm³/mol. The fraction of sp³-hybridized carbons (Fsp3) is 0.133. The third-order valence-electron chi connectivity index (χ3n) is 2.63. The van der Waals surface area contributed by atoms with Gasteiger partial charge in [0.2, 0.25) is 5.91 Å². The van der Waals surface area contributed by atoms with E-state index in [-0.39, 0.29) is 17.3 Å². The lowest BCUT2D eigenvalue weighted by Gasteiger charge is -2.10. The summed E-state index contributed by atoms with van der Waals surface area (Å²) < 4.78 is 30.3. The molecule has 6 heteroatoms. The quantitative estimate of drug-likeness (QED) is 0.890. The Kier molecular flexibility index (Phi) is 5.05. The first kappa shape index (κ1) is 15.2. The molecule has 0 aliphatic rings. The SMILES string of the molecule is NC(=O)CS(=O)Cc1ccccc1Oc1ccc(F)cc1. The van der Waals surface area contributed by atoms with Gasteiger partial charge in [-0.2, -0.15) is 0 Å². The van der Waals surface area contributed by atoms with Crippen LogP contribution >= 0.6 is 0 Å². The van der Waals surface area contributed by atoms with E-state index in [1.807, 2.05) is 0 Å². The highest BCUT2D eigenvalue weighted by Gasteiger charge is 2.10. The smallest absolute Gasteiger partial charge is 0.230 e. The molecule has 0 saturated heterocycles. The van der Waals surface area contributed by atoms with Crippen LogP contribution in [0.4, 0.5) is 4.39 Å². The zero-order valence-electron chi connectivity index (χ0n) is 11.1. The van der Waals surface area contributed by atoms with E-state index in [0.29, 0.717) is 17.1 Å². The lowest BCUT2D eigenvalue weighted by molar-refractivity contribution is -0.115. The fourth-order valence-electron chi connectivity index (χ4n) is 1.74. The van der Waals surface area contributed by atoms with E-state index in [4.69, 9.17) is 10.5 Å². The highest BCUT2D eigenvalue weighted by Crippen LogP contribution is 2.26. The molecule has 0 aliphatic carbocycles. The third kappa shape index (κ3) is 4.68. The zero-order valence-corrected chi connectivity index (χ0v) is 11.9. The van der Waals surface area contributed by atoms with Crippen LogP contribution in [0.1, 0.15) is 5.56 Å². The molecule has 0 saturated carbocycles. The maximum Gasteiger partial charge on any atom is 0.230 e. The van der Waals surface area contributed by atoms with Gasteiger partial charge in [-0.3, -0.25) is 9.00 Å². The van der Waals surface area contributed by atoms with Crippen molar-refractivity contribution in [2.45, 2.75) is 5.75 Å². The van der Waals surface area contributed by atoms with Crippen molar-refractivity contribution in [3.8, 4) is 11.5 Å². The molecule has 0 spiro atoms. The molecule has 0 aromatic heterocycles. The minimum absolute atomic E-state index is 0.167. The average molecular weight is 307 g/mol. The number of hydrogen-bond acceptors (Lipinski definition) is 3. The Bertz CT molecular complexity index is 658. The third-order valence-corrected chi connectivity index (χ3v) is 3.87. The van der Waals surface area contributed by atoms with Crippen molar-refractivity contribution in [2.24, 2.45) is 5.73 Å². The molecule has 0 radical (unpaired) electrons. The van der Waals surface area contributed by atoms with Crippen molar-refractivity contribution in [1.82, 2.24) is 0 Å². The zero-order chi connectivity index (χ0) is 15.2. The van der Waals surface area contributed by atoms with E-state index in [2.05, 4.69) is 0 Å². The molecule has 1 atom stereocenters. The summed E-state index contributed by atoms with van der Waals surface area (Å²) in [6.45, 7) is 0. The molecule has 0 bridgehead atoms. The van der Waals surface area contributed by atoms with E-state index >= 15 is 0 Å². The molecule has 2 N–H and O–H groups in total. The van der Waals surface area contributed by atoms with Crippen molar-refractivity contribution in [3.05, 3.63) is 59.9 Å². The molecular weight excluding hydrogens is 293 g/mol. The summed E-state index contributed by atoms with van der Waals surface area (Å²) in [6, 6.07) is 12.6. The summed E-state index contributed by atoms with van der Waals surface area (Å²) >= 11 is 0. The number of rotatable bonds is 6. The van der Waals surface area contributed by atoms with Crippen molar-refractivity contribution in [2.75, 3.05) is 5.75 Å². The van der Waals surface area contributed by atoms with E-state index < -0.39 is 16.7 Å². The Morgan fingerprint density at radius 2 is 1.81 bits per heavy atom. The second kappa shape index (κ2) is 6.99. The Labute approximate surface area is 124 Å². The Morgan fingerprint density at radius 1 is 1.14 bits per heavy atom. The molecule has 0 fully saturated rings. The molecule has 2 aromatic carbocycles. The summed E-state index contributed by atoms with van der Waals surface area (Å²) in [7, 11) is -1.39. The van der Waals surface area contributed by atoms with Crippen LogP contribution in [0.2, 0.25) is 0 Å². The van der Waals surface area contributed by atoms with Crippen LogP contribution in [0.25, 0.3) is 0 Å². The molecule has 110 valence electrons. The number of ether oxygens (including phenoxy) is 1. The van der Waals surface area contributed by atoms with Gasteiger partial charge in [-0.15, -0.1) is 0 Å². The van der Waals surface area contributed by atoms with E-state index in [1.54, 1.807) is 24.3 Å². The number of nitrogens with two attached hydrogens (primary N) is 1. The summed E-state index contributed by atoms with van der Waals surface area (Å²) in [5, 5.41) is 0. The molecule has 21 heavy (non-hydrogen) atoms. The molecule has 2 rings (SSSR count). The molecule has 2 aromatic rings. The number of hydrogen-bond donors (Lipinski definition) is 1. The molecule has 1 unspecified atom stereocenters. The van der Waals surface area contributed by atoms with Gasteiger partial charge in [-0.05, 0) is 30.3 Å². The van der Waals surface area contributed by atoms with Crippen LogP contribution in [-0.2, 0) is 21.3 Å². The second-order valence-electron chi connectivity index (χ2n) is 4.36. The number of primary amides is 1. The number of carbonyl (C=O) groups excluding carboxylic acids is 1. The minimum atomic E-state index is -1.39. The second-order valence-corrected chi connectivity index (χ2v) is 5.82. The maximum absolute atomic E-state index is 12.9. The van der Waals surface area contributed by atoms with Crippen LogP contribution in [-0.4, -0.2) is 15.9 Å². The minimum Gasteiger partial charge on any atom is -0.457 e. The van der Waals surface area contributed by atoms with Gasteiger partial charge >= 0.3 is 0 Å². The largest absolute Gasteiger partial charge is 0.457 e. The first-order chi connectivity index (χ1) is 10.0. The molecule has 0 aliphatic heterocycles. The van der Waals surface area contributed by atoms with Crippen LogP contribution in [0.15, 0.2) is 48.5 Å². The van der Waals surface area contributed by atoms with Crippen LogP contribution in [0.5, 0.6) is 11.5 Å². The summed E-state index contributed by atoms with van der Waals surface area (Å²) in [5.41, 5.74) is 5.72. The first-order valence-corrected chi connectivity index (χ1v) is 7.68. The van der Waals surface area contributed by atoms with Crippen LogP contribution in [0.3, 0.4) is 0 Å². The Hall–Kier alpha value is -2.21. The Balaban J connectivity index is 2.14. The van der Waals surface area contributed by atoms with Crippen molar-refractivity contribution >= 4 is 16.7 Å². The van der Waals surface area contributed by atoms with E-state index in [0.717, 1.165) is 0 Å². The Morgan fingerprint density at radius 3 is 2.48 bits per heavy atom. The predicted octanol–water partition coefficient (Wildman–Crippen LogP) is 2.35. The van der Waals surface area contributed by atoms with Gasteiger partial charge in [0.25, 0.3) is 0 Å². The summed E-state index contributed by atoms with van der Waals surface area (Å²) in [6.07, 6.45) is 0. The standard InChI is InChI=1S/C15H14FNO3S/c16-12-5-7-13(8-6-12)20-14-4-2-1-3-11(14)9-21(19)10-15(17)18/h1-8H,9-10H2,(H2,17,18). The number of para-hydroxylation sites is 1. The van der Waals surface area contributed by atoms with Gasteiger partial charge in [0.1, 0.15) is 23.1 Å². The number of carbonyl (C=O) groups is 1. The van der Waals surface area contributed by atoms with Gasteiger partial charge in [0.05, 0.1) is 5.75 Å². The molecular formula is C15H14FNO3S. The van der Waals surface area contributed by atoms with Gasteiger partial charge < -0.3 is 10.5 Å². The van der Waals surface area contributed by atoms with Gasteiger partial charge in [-0.25, -0.2) is 4.39 Å². The van der Waals surface area contributed by atoms with Gasteiger partial charge in [0.15, 0.2) is 0 Å². The van der Waals surface area contributed by atoms with Gasteiger partial charge in [-0.1, -0.05) is 18.2 Å². The lowest BCUT2D eigenvalue weighted by atomic mass is 10.2. The highest BCUT2D eigenvalue weighted by atomic mass is 32.2. The van der Waals surface area contributed by atoms with Crippen molar-refractivity contribution < 1.29 is 18.1 Å². The van der Waals surface area contributed by atoms with Crippen molar-refractivity contribution in [1.29, 1.82) is 0 Å². The fourth-order valence-corrected chi connectivity index (χ4v) is 2.74. The van der Waals surface area contributed by atoms with Crippen LogP contribution < -0.4 is 10.5 Å². The number of halogens is 1. The topological polar surface area (TPSA) is 69.4 Å². The summed E-state index contributed by atoms with van der Waals surface area (Å²) in [5.74, 6) is 0.0143. The molecule has 1 amide bonds. The maximum atomic E-state index is 12.9. The van der Waals surface area contributed by atoms with E-state index in [9.17, 15) is 13.4 Å². The van der Waals surface area contributed by atoms with Gasteiger partial charge in [0, 0.05) is 16.4 Å². The number of amides is 1. The monoisotopic (exact) mass is 307 g/mol.